The fourth-order valence-corrected chi connectivity index (χ4v) is 12.6. The lowest BCUT2D eigenvalue weighted by Crippen LogP contribution is -2.64. The highest BCUT2D eigenvalue weighted by Crippen LogP contribution is 2.74. The van der Waals surface area contributed by atoms with E-state index in [1.807, 2.05) is 36.4 Å². The topological polar surface area (TPSA) is 69.7 Å². The highest BCUT2D eigenvalue weighted by atomic mass is 16.6. The second-order valence-electron chi connectivity index (χ2n) is 17.9. The monoisotopic (exact) mass is 664 g/mol. The minimum atomic E-state index is -0.543. The number of carbonyl (C=O) groups excluding carboxylic acids is 3. The van der Waals surface area contributed by atoms with E-state index in [4.69, 9.17) is 9.47 Å². The third-order valence-corrected chi connectivity index (χ3v) is 15.6. The van der Waals surface area contributed by atoms with Crippen molar-refractivity contribution in [3.8, 4) is 0 Å². The van der Waals surface area contributed by atoms with Crippen molar-refractivity contribution in [2.24, 2.45) is 63.1 Å². The van der Waals surface area contributed by atoms with Crippen LogP contribution in [0.25, 0.3) is 0 Å². The molecule has 4 saturated carbocycles. The number of esters is 3. The summed E-state index contributed by atoms with van der Waals surface area (Å²) in [6.45, 7) is 17.1. The van der Waals surface area contributed by atoms with Crippen LogP contribution in [-0.4, -0.2) is 24.0 Å². The van der Waals surface area contributed by atoms with E-state index in [9.17, 15) is 14.4 Å². The molecule has 5 aliphatic carbocycles. The summed E-state index contributed by atoms with van der Waals surface area (Å²) in [6.07, 6.45) is 10.7. The van der Waals surface area contributed by atoms with Gasteiger partial charge in [0.2, 0.25) is 0 Å². The lowest BCUT2D eigenvalue weighted by Gasteiger charge is -2.71. The molecular weight excluding hydrogens is 608 g/mol. The van der Waals surface area contributed by atoms with Crippen molar-refractivity contribution in [1.29, 1.82) is 0 Å². The molecule has 11 atom stereocenters. The molecule has 5 nitrogen and oxygen atoms in total. The van der Waals surface area contributed by atoms with Gasteiger partial charge >= 0.3 is 17.9 Å². The van der Waals surface area contributed by atoms with Crippen LogP contribution in [0.1, 0.15) is 121 Å². The molecule has 262 valence electrons. The summed E-state index contributed by atoms with van der Waals surface area (Å²) in [5.41, 5.74) is 2.83. The Labute approximate surface area is 293 Å². The number of ether oxygens (including phenoxy) is 2. The molecule has 0 N–H and O–H groups in total. The van der Waals surface area contributed by atoms with Crippen LogP contribution >= 0.6 is 0 Å². The third-order valence-electron chi connectivity index (χ3n) is 15.6. The van der Waals surface area contributed by atoms with Crippen LogP contribution < -0.4 is 0 Å². The normalized spacial score (nSPS) is 40.7. The van der Waals surface area contributed by atoms with Crippen LogP contribution in [-0.2, 0) is 14.3 Å². The van der Waals surface area contributed by atoms with Gasteiger partial charge in [-0.25, -0.2) is 9.59 Å². The Morgan fingerprint density at radius 1 is 0.735 bits per heavy atom. The first-order valence-corrected chi connectivity index (χ1v) is 19.0. The molecule has 49 heavy (non-hydrogen) atoms. The third kappa shape index (κ3) is 5.27. The molecular formula is C44H56O5. The van der Waals surface area contributed by atoms with E-state index in [-0.39, 0.29) is 51.5 Å². The fraction of sp³-hybridized carbons (Fsp3) is 0.614. The Balaban J connectivity index is 1.15. The van der Waals surface area contributed by atoms with Gasteiger partial charge in [0, 0.05) is 5.41 Å². The maximum Gasteiger partial charge on any atom is 0.345 e. The Morgan fingerprint density at radius 2 is 1.37 bits per heavy atom. The van der Waals surface area contributed by atoms with Crippen LogP contribution in [0.15, 0.2) is 72.3 Å². The average molecular weight is 665 g/mol. The van der Waals surface area contributed by atoms with E-state index >= 15 is 0 Å². The highest BCUT2D eigenvalue weighted by molar-refractivity contribution is 5.97. The number of carbonyl (C=O) groups is 3. The molecule has 0 radical (unpaired) electrons. The number of allylic oxidation sites excluding steroid dienone is 2. The Hall–Kier alpha value is -3.21. The molecule has 2 aromatic carbocycles. The minimum Gasteiger partial charge on any atom is -0.458 e. The molecule has 0 unspecified atom stereocenters. The SMILES string of the molecule is C[C@@H]1[C@@H]2C3=CC[C@@H]4[C@@]5(C)CC[C@H](OC(=O)c6ccccc6)C(C)(C)[C@@H]5CC[C@@]4(C)[C@]3(C)CC[C@@H]2[C@H](C(=O)OC(=O)c2ccccc2)C[C@@H]1C. The zero-order valence-electron chi connectivity index (χ0n) is 30.7. The van der Waals surface area contributed by atoms with Gasteiger partial charge in [0.25, 0.3) is 0 Å². The van der Waals surface area contributed by atoms with Crippen molar-refractivity contribution in [2.75, 3.05) is 0 Å². The molecule has 0 heterocycles. The number of benzene rings is 2. The van der Waals surface area contributed by atoms with E-state index in [0.717, 1.165) is 51.4 Å². The summed E-state index contributed by atoms with van der Waals surface area (Å²) in [5, 5.41) is 0. The molecule has 2 aromatic rings. The van der Waals surface area contributed by atoms with Crippen molar-refractivity contribution in [2.45, 2.75) is 106 Å². The van der Waals surface area contributed by atoms with E-state index in [1.165, 1.54) is 0 Å². The smallest absolute Gasteiger partial charge is 0.345 e. The molecule has 0 saturated heterocycles. The van der Waals surface area contributed by atoms with Gasteiger partial charge in [0.1, 0.15) is 6.10 Å². The first kappa shape index (κ1) is 34.2. The van der Waals surface area contributed by atoms with Crippen molar-refractivity contribution in [3.63, 3.8) is 0 Å². The van der Waals surface area contributed by atoms with Gasteiger partial charge in [-0.15, -0.1) is 0 Å². The number of fused-ring (bicyclic) bond motifs is 7. The molecule has 5 heteroatoms. The Morgan fingerprint density at radius 3 is 2.02 bits per heavy atom. The first-order valence-electron chi connectivity index (χ1n) is 19.0. The highest BCUT2D eigenvalue weighted by Gasteiger charge is 2.68. The van der Waals surface area contributed by atoms with Crippen LogP contribution in [0.5, 0.6) is 0 Å². The summed E-state index contributed by atoms with van der Waals surface area (Å²) in [4.78, 5) is 39.9. The molecule has 0 amide bonds. The van der Waals surface area contributed by atoms with Gasteiger partial charge in [-0.1, -0.05) is 96.5 Å². The quantitative estimate of drug-likeness (QED) is 0.185. The minimum absolute atomic E-state index is 0.0471. The summed E-state index contributed by atoms with van der Waals surface area (Å²) in [5.74, 6) is 0.989. The molecule has 0 aromatic heterocycles. The number of hydrogen-bond donors (Lipinski definition) is 0. The first-order chi connectivity index (χ1) is 23.2. The maximum atomic E-state index is 13.8. The maximum absolute atomic E-state index is 13.8. The fourth-order valence-electron chi connectivity index (χ4n) is 12.6. The van der Waals surface area contributed by atoms with Crippen LogP contribution in [0.2, 0.25) is 0 Å². The summed E-state index contributed by atoms with van der Waals surface area (Å²) >= 11 is 0. The molecule has 0 spiro atoms. The average Bonchev–Trinajstić information content (AvgIpc) is 3.08. The second kappa shape index (κ2) is 12.2. The van der Waals surface area contributed by atoms with Gasteiger partial charge in [0.05, 0.1) is 17.0 Å². The van der Waals surface area contributed by atoms with Crippen LogP contribution in [0.4, 0.5) is 0 Å². The van der Waals surface area contributed by atoms with E-state index in [1.54, 1.807) is 29.8 Å². The predicted octanol–water partition coefficient (Wildman–Crippen LogP) is 10.1. The standard InChI is InChI=1S/C44H56O5/c1-27-26-32(40(47)49-39(46)30-16-12-9-13-17-30)31-20-24-43(6)33(37(31)28(27)2)18-19-35-42(5)23-22-36(48-38(45)29-14-10-8-11-15-29)41(3,4)34(42)21-25-44(35,43)7/h8-18,27-28,31-32,34-37H,19-26H2,1-7H3/t27-,28-,31+,32+,34-,35+,36-,37-,42-,43+,44+/m0/s1. The lowest BCUT2D eigenvalue weighted by molar-refractivity contribution is -0.202. The number of hydrogen-bond acceptors (Lipinski definition) is 5. The van der Waals surface area contributed by atoms with Gasteiger partial charge in [0.15, 0.2) is 0 Å². The van der Waals surface area contributed by atoms with Gasteiger partial charge in [-0.05, 0) is 127 Å². The van der Waals surface area contributed by atoms with Gasteiger partial charge in [-0.2, -0.15) is 0 Å². The van der Waals surface area contributed by atoms with E-state index < -0.39 is 5.97 Å². The Bertz CT molecular complexity index is 1630. The number of rotatable bonds is 4. The molecule has 4 fully saturated rings. The van der Waals surface area contributed by atoms with Gasteiger partial charge < -0.3 is 9.47 Å². The molecule has 0 aliphatic heterocycles. The van der Waals surface area contributed by atoms with Crippen LogP contribution in [0, 0.1) is 63.1 Å². The van der Waals surface area contributed by atoms with Gasteiger partial charge in [-0.3, -0.25) is 4.79 Å². The molecule has 7 rings (SSSR count). The zero-order chi connectivity index (χ0) is 34.9. The van der Waals surface area contributed by atoms with E-state index in [0.29, 0.717) is 40.7 Å². The lowest BCUT2D eigenvalue weighted by atomic mass is 9.34. The van der Waals surface area contributed by atoms with Crippen molar-refractivity contribution < 1.29 is 23.9 Å². The van der Waals surface area contributed by atoms with Crippen LogP contribution in [0.3, 0.4) is 0 Å². The van der Waals surface area contributed by atoms with Crippen molar-refractivity contribution in [3.05, 3.63) is 83.4 Å². The zero-order valence-corrected chi connectivity index (χ0v) is 30.7. The molecule has 0 bridgehead atoms. The van der Waals surface area contributed by atoms with Crippen molar-refractivity contribution in [1.82, 2.24) is 0 Å². The van der Waals surface area contributed by atoms with Crippen molar-refractivity contribution >= 4 is 17.9 Å². The molecule has 5 aliphatic rings. The van der Waals surface area contributed by atoms with E-state index in [2.05, 4.69) is 54.5 Å². The largest absolute Gasteiger partial charge is 0.458 e. The summed E-state index contributed by atoms with van der Waals surface area (Å²) in [7, 11) is 0. The predicted molar refractivity (Wildman–Crippen MR) is 191 cm³/mol. The summed E-state index contributed by atoms with van der Waals surface area (Å²) < 4.78 is 11.9. The Kier molecular flexibility index (Phi) is 8.55. The summed E-state index contributed by atoms with van der Waals surface area (Å²) in [6, 6.07) is 18.3. The second-order valence-corrected chi connectivity index (χ2v) is 17.9.